The van der Waals surface area contributed by atoms with Crippen LogP contribution in [0.3, 0.4) is 0 Å². The Morgan fingerprint density at radius 3 is 2.55 bits per heavy atom. The highest BCUT2D eigenvalue weighted by Gasteiger charge is 2.28. The summed E-state index contributed by atoms with van der Waals surface area (Å²) in [7, 11) is -3.22. The molecule has 0 atom stereocenters. The van der Waals surface area contributed by atoms with Crippen LogP contribution in [-0.4, -0.2) is 31.8 Å². The number of carbonyl (C=O) groups excluding carboxylic acids is 1. The first-order valence-corrected chi connectivity index (χ1v) is 12.5. The quantitative estimate of drug-likeness (QED) is 0.553. The molecule has 1 N–H and O–H groups in total. The molecule has 0 bridgehead atoms. The molecule has 0 aliphatic carbocycles. The third kappa shape index (κ3) is 4.62. The fraction of sp³-hybridized carbons (Fsp3) is 0.273. The highest BCUT2D eigenvalue weighted by molar-refractivity contribution is 7.98. The molecule has 1 aliphatic rings. The van der Waals surface area contributed by atoms with E-state index in [0.29, 0.717) is 35.7 Å². The molecule has 0 radical (unpaired) electrons. The minimum Gasteiger partial charge on any atom is -0.361 e. The molecule has 2 aromatic carbocycles. The number of amides is 1. The highest BCUT2D eigenvalue weighted by atomic mass is 32.2. The van der Waals surface area contributed by atoms with Gasteiger partial charge in [0.2, 0.25) is 10.0 Å². The van der Waals surface area contributed by atoms with E-state index in [1.165, 1.54) is 4.31 Å². The number of rotatable bonds is 6. The number of anilines is 2. The van der Waals surface area contributed by atoms with E-state index in [1.54, 1.807) is 42.1 Å². The number of hydrogen-bond acceptors (Lipinski definition) is 6. The van der Waals surface area contributed by atoms with E-state index in [1.807, 2.05) is 32.0 Å². The van der Waals surface area contributed by atoms with Crippen LogP contribution in [0.1, 0.15) is 33.8 Å². The van der Waals surface area contributed by atoms with Crippen molar-refractivity contribution in [2.24, 2.45) is 0 Å². The number of aryl methyl sites for hydroxylation is 2. The van der Waals surface area contributed by atoms with Crippen molar-refractivity contribution in [3.63, 3.8) is 0 Å². The van der Waals surface area contributed by atoms with E-state index >= 15 is 0 Å². The van der Waals surface area contributed by atoms with Crippen molar-refractivity contribution in [2.75, 3.05) is 21.9 Å². The van der Waals surface area contributed by atoms with Gasteiger partial charge >= 0.3 is 0 Å². The summed E-state index contributed by atoms with van der Waals surface area (Å²) in [6, 6.07) is 14.3. The van der Waals surface area contributed by atoms with Crippen LogP contribution < -0.4 is 9.62 Å². The zero-order valence-electron chi connectivity index (χ0n) is 17.3. The Balaban J connectivity index is 1.46. The second kappa shape index (κ2) is 8.76. The zero-order chi connectivity index (χ0) is 22.0. The van der Waals surface area contributed by atoms with Crippen LogP contribution in [0.15, 0.2) is 57.9 Å². The van der Waals surface area contributed by atoms with E-state index in [4.69, 9.17) is 4.52 Å². The Hall–Kier alpha value is -2.78. The molecule has 31 heavy (non-hydrogen) atoms. The normalized spacial score (nSPS) is 15.2. The fourth-order valence-electron chi connectivity index (χ4n) is 3.48. The molecule has 2 heterocycles. The lowest BCUT2D eigenvalue weighted by atomic mass is 10.2. The van der Waals surface area contributed by atoms with Crippen LogP contribution in [0.2, 0.25) is 0 Å². The molecule has 1 amide bonds. The van der Waals surface area contributed by atoms with Gasteiger partial charge in [-0.1, -0.05) is 17.3 Å². The monoisotopic (exact) mass is 457 g/mol. The topological polar surface area (TPSA) is 92.5 Å². The maximum Gasteiger partial charge on any atom is 0.256 e. The molecule has 0 spiro atoms. The van der Waals surface area contributed by atoms with Crippen molar-refractivity contribution in [2.45, 2.75) is 30.9 Å². The van der Waals surface area contributed by atoms with Gasteiger partial charge < -0.3 is 9.84 Å². The van der Waals surface area contributed by atoms with Gasteiger partial charge in [-0.2, -0.15) is 0 Å². The number of nitrogens with one attached hydrogen (secondary N) is 1. The molecular formula is C22H23N3O4S2. The molecule has 3 aromatic rings. The Kier molecular flexibility index (Phi) is 6.06. The highest BCUT2D eigenvalue weighted by Crippen LogP contribution is 2.30. The van der Waals surface area contributed by atoms with Crippen molar-refractivity contribution in [1.29, 1.82) is 0 Å². The minimum atomic E-state index is -3.22. The predicted molar refractivity (Wildman–Crippen MR) is 122 cm³/mol. The molecule has 1 aliphatic heterocycles. The summed E-state index contributed by atoms with van der Waals surface area (Å²) >= 11 is 1.56. The van der Waals surface area contributed by atoms with Crippen LogP contribution in [-0.2, 0) is 15.8 Å². The minimum absolute atomic E-state index is 0.174. The number of carbonyl (C=O) groups is 1. The van der Waals surface area contributed by atoms with Gasteiger partial charge in [0.1, 0.15) is 5.76 Å². The molecule has 1 fully saturated rings. The van der Waals surface area contributed by atoms with Gasteiger partial charge in [0.05, 0.1) is 22.7 Å². The molecule has 0 saturated carbocycles. The number of nitrogens with zero attached hydrogens (tertiary/aromatic N) is 2. The molecule has 7 nitrogen and oxygen atoms in total. The summed E-state index contributed by atoms with van der Waals surface area (Å²) in [6.07, 6.45) is 0.628. The maximum absolute atomic E-state index is 12.9. The summed E-state index contributed by atoms with van der Waals surface area (Å²) in [5.41, 5.74) is 3.69. The lowest BCUT2D eigenvalue weighted by Gasteiger charge is -2.17. The van der Waals surface area contributed by atoms with Gasteiger partial charge in [0.15, 0.2) is 0 Å². The van der Waals surface area contributed by atoms with Gasteiger partial charge in [-0.05, 0) is 56.7 Å². The first-order chi connectivity index (χ1) is 14.8. The number of sulfonamides is 1. The van der Waals surface area contributed by atoms with Crippen molar-refractivity contribution in [1.82, 2.24) is 5.16 Å². The van der Waals surface area contributed by atoms with Gasteiger partial charge in [-0.15, -0.1) is 11.8 Å². The lowest BCUT2D eigenvalue weighted by molar-refractivity contribution is 0.102. The van der Waals surface area contributed by atoms with Crippen LogP contribution in [0.5, 0.6) is 0 Å². The van der Waals surface area contributed by atoms with Crippen molar-refractivity contribution >= 4 is 39.1 Å². The molecular weight excluding hydrogens is 434 g/mol. The van der Waals surface area contributed by atoms with Crippen LogP contribution >= 0.6 is 11.8 Å². The van der Waals surface area contributed by atoms with Crippen LogP contribution in [0, 0.1) is 13.8 Å². The largest absolute Gasteiger partial charge is 0.361 e. The molecule has 0 unspecified atom stereocenters. The molecule has 4 rings (SSSR count). The standard InChI is InChI=1S/C22H23N3O4S2/c1-15-20(16(2)29-24-15)14-30-21-7-4-3-6-19(21)22(26)23-17-8-10-18(11-9-17)25-12-5-13-31(25,27)28/h3-4,6-11H,5,12-14H2,1-2H3,(H,23,26). The van der Waals surface area contributed by atoms with E-state index in [0.717, 1.165) is 21.9 Å². The van der Waals surface area contributed by atoms with Gasteiger partial charge in [0, 0.05) is 28.4 Å². The van der Waals surface area contributed by atoms with Gasteiger partial charge in [0.25, 0.3) is 5.91 Å². The Bertz CT molecular complexity index is 1180. The first-order valence-electron chi connectivity index (χ1n) is 9.90. The molecule has 9 heteroatoms. The Morgan fingerprint density at radius 2 is 1.90 bits per heavy atom. The molecule has 1 saturated heterocycles. The van der Waals surface area contributed by atoms with E-state index < -0.39 is 10.0 Å². The Morgan fingerprint density at radius 1 is 1.16 bits per heavy atom. The average molecular weight is 458 g/mol. The SMILES string of the molecule is Cc1noc(C)c1CSc1ccccc1C(=O)Nc1ccc(N2CCCS2(=O)=O)cc1. The zero-order valence-corrected chi connectivity index (χ0v) is 18.9. The third-order valence-electron chi connectivity index (χ3n) is 5.20. The van der Waals surface area contributed by atoms with E-state index in [-0.39, 0.29) is 11.7 Å². The number of benzene rings is 2. The summed E-state index contributed by atoms with van der Waals surface area (Å²) in [5, 5.41) is 6.88. The fourth-order valence-corrected chi connectivity index (χ4v) is 6.24. The first kappa shape index (κ1) is 21.5. The maximum atomic E-state index is 12.9. The summed E-state index contributed by atoms with van der Waals surface area (Å²) in [6.45, 7) is 4.28. The smallest absolute Gasteiger partial charge is 0.256 e. The molecule has 1 aromatic heterocycles. The van der Waals surface area contributed by atoms with E-state index in [9.17, 15) is 13.2 Å². The van der Waals surface area contributed by atoms with Crippen molar-refractivity contribution in [3.8, 4) is 0 Å². The van der Waals surface area contributed by atoms with Crippen molar-refractivity contribution in [3.05, 3.63) is 71.1 Å². The lowest BCUT2D eigenvalue weighted by Crippen LogP contribution is -2.25. The van der Waals surface area contributed by atoms with E-state index in [2.05, 4.69) is 10.5 Å². The molecule has 162 valence electrons. The van der Waals surface area contributed by atoms with Crippen LogP contribution in [0.25, 0.3) is 0 Å². The number of thioether (sulfide) groups is 1. The number of hydrogen-bond donors (Lipinski definition) is 1. The summed E-state index contributed by atoms with van der Waals surface area (Å²) in [5.74, 6) is 1.40. The second-order valence-corrected chi connectivity index (χ2v) is 10.4. The van der Waals surface area contributed by atoms with Crippen molar-refractivity contribution < 1.29 is 17.7 Å². The predicted octanol–water partition coefficient (Wildman–Crippen LogP) is 4.38. The second-order valence-electron chi connectivity index (χ2n) is 7.33. The third-order valence-corrected chi connectivity index (χ3v) is 8.17. The summed E-state index contributed by atoms with van der Waals surface area (Å²) in [4.78, 5) is 13.8. The average Bonchev–Trinajstić information content (AvgIpc) is 3.27. The number of aromatic nitrogens is 1. The van der Waals surface area contributed by atoms with Gasteiger partial charge in [-0.3, -0.25) is 9.10 Å². The summed E-state index contributed by atoms with van der Waals surface area (Å²) < 4.78 is 30.8. The van der Waals surface area contributed by atoms with Crippen LogP contribution in [0.4, 0.5) is 11.4 Å². The Labute approximate surface area is 185 Å². The van der Waals surface area contributed by atoms with Gasteiger partial charge in [-0.25, -0.2) is 8.42 Å².